The largest absolute Gasteiger partial charge is 0.486 e. The molecule has 3 nitrogen and oxygen atoms in total. The van der Waals surface area contributed by atoms with E-state index in [1.165, 1.54) is 12.5 Å². The van der Waals surface area contributed by atoms with Crippen LogP contribution in [0.2, 0.25) is 0 Å². The van der Waals surface area contributed by atoms with E-state index in [1.54, 1.807) is 0 Å². The topological polar surface area (TPSA) is 35.5 Å². The van der Waals surface area contributed by atoms with Crippen molar-refractivity contribution in [1.82, 2.24) is 0 Å². The summed E-state index contributed by atoms with van der Waals surface area (Å²) in [5, 5.41) is 0. The highest BCUT2D eigenvalue weighted by molar-refractivity contribution is 14.1. The number of carbonyl (C=O) groups excluding carboxylic acids is 1. The highest BCUT2D eigenvalue weighted by Crippen LogP contribution is 2.50. The maximum Gasteiger partial charge on any atom is 0.308 e. The van der Waals surface area contributed by atoms with E-state index < -0.39 is 0 Å². The summed E-state index contributed by atoms with van der Waals surface area (Å²) in [7, 11) is 0. The first kappa shape index (κ1) is 19.5. The van der Waals surface area contributed by atoms with E-state index in [2.05, 4.69) is 77.1 Å². The van der Waals surface area contributed by atoms with Gasteiger partial charge in [-0.05, 0) is 23.8 Å². The van der Waals surface area contributed by atoms with Gasteiger partial charge in [-0.3, -0.25) is 4.79 Å². The number of esters is 1. The average Bonchev–Trinajstić information content (AvgIpc) is 2.71. The molecule has 1 aliphatic heterocycles. The molecule has 0 aliphatic carbocycles. The molecule has 0 amide bonds. The van der Waals surface area contributed by atoms with Crippen LogP contribution in [0.3, 0.4) is 0 Å². The van der Waals surface area contributed by atoms with Gasteiger partial charge in [0.2, 0.25) is 0 Å². The highest BCUT2D eigenvalue weighted by Gasteiger charge is 2.41. The van der Waals surface area contributed by atoms with Crippen molar-refractivity contribution in [3.05, 3.63) is 22.8 Å². The fourth-order valence-corrected chi connectivity index (χ4v) is 3.72. The number of halogens is 1. The summed E-state index contributed by atoms with van der Waals surface area (Å²) < 4.78 is 13.0. The molecule has 0 fully saturated rings. The van der Waals surface area contributed by atoms with Crippen molar-refractivity contribution in [2.45, 2.75) is 78.2 Å². The molecule has 1 aromatic rings. The smallest absolute Gasteiger partial charge is 0.308 e. The Hall–Kier alpha value is -0.780. The Kier molecular flexibility index (Phi) is 5.04. The molecule has 0 aromatic heterocycles. The van der Waals surface area contributed by atoms with Crippen molar-refractivity contribution in [3.63, 3.8) is 0 Å². The molecule has 1 atom stereocenters. The summed E-state index contributed by atoms with van der Waals surface area (Å²) in [6, 6.07) is 2.08. The number of alkyl halides is 1. The first-order valence-corrected chi connectivity index (χ1v) is 9.95. The minimum absolute atomic E-state index is 0.143. The third-order valence-corrected chi connectivity index (χ3v) is 5.95. The Morgan fingerprint density at radius 2 is 1.83 bits per heavy atom. The van der Waals surface area contributed by atoms with Crippen LogP contribution in [0.15, 0.2) is 6.07 Å². The summed E-state index contributed by atoms with van der Waals surface area (Å²) in [5.41, 5.74) is 2.83. The molecule has 0 saturated carbocycles. The first-order chi connectivity index (χ1) is 10.8. The number of benzene rings is 1. The van der Waals surface area contributed by atoms with Gasteiger partial charge in [-0.25, -0.2) is 0 Å². The lowest BCUT2D eigenvalue weighted by atomic mass is 9.76. The second-order valence-corrected chi connectivity index (χ2v) is 9.82. The molecule has 0 N–H and O–H groups in total. The van der Waals surface area contributed by atoms with Crippen molar-refractivity contribution < 1.29 is 14.3 Å². The van der Waals surface area contributed by atoms with Gasteiger partial charge in [0.1, 0.15) is 17.1 Å². The van der Waals surface area contributed by atoms with Crippen molar-refractivity contribution in [1.29, 1.82) is 0 Å². The number of hydrogen-bond acceptors (Lipinski definition) is 3. The van der Waals surface area contributed by atoms with Gasteiger partial charge >= 0.3 is 5.97 Å². The van der Waals surface area contributed by atoms with Crippen molar-refractivity contribution in [3.8, 4) is 11.5 Å². The fraction of sp³-hybridized carbons (Fsp3) is 0.650. The summed E-state index contributed by atoms with van der Waals surface area (Å²) in [4.78, 5) is 11.8. The minimum Gasteiger partial charge on any atom is -0.486 e. The van der Waals surface area contributed by atoms with E-state index >= 15 is 0 Å². The third kappa shape index (κ3) is 3.73. The van der Waals surface area contributed by atoms with E-state index in [4.69, 9.17) is 9.47 Å². The van der Waals surface area contributed by atoms with Crippen LogP contribution in [0.4, 0.5) is 0 Å². The fourth-order valence-electron chi connectivity index (χ4n) is 3.30. The Labute approximate surface area is 159 Å². The molecule has 0 radical (unpaired) electrons. The molecular formula is C20H29IO3. The standard InChI is InChI=1S/C20H29IO3/c1-12(22)23-17-14(18(2,3)4)9-15-13(16(17)19(5,6)7)10-20(8,11-21)24-15/h9H,10-11H2,1-8H3. The van der Waals surface area contributed by atoms with Crippen LogP contribution in [0.5, 0.6) is 11.5 Å². The molecule has 134 valence electrons. The molecule has 1 unspecified atom stereocenters. The van der Waals surface area contributed by atoms with Crippen LogP contribution in [0.25, 0.3) is 0 Å². The number of rotatable bonds is 2. The van der Waals surface area contributed by atoms with Gasteiger partial charge in [-0.2, -0.15) is 0 Å². The van der Waals surface area contributed by atoms with Crippen LogP contribution >= 0.6 is 22.6 Å². The third-order valence-electron chi connectivity index (χ3n) is 4.34. The minimum atomic E-state index is -0.276. The average molecular weight is 444 g/mol. The molecule has 1 aliphatic rings. The molecule has 4 heteroatoms. The zero-order chi connectivity index (χ0) is 18.5. The van der Waals surface area contributed by atoms with Crippen molar-refractivity contribution >= 4 is 28.6 Å². The molecule has 2 rings (SSSR count). The predicted molar refractivity (Wildman–Crippen MR) is 107 cm³/mol. The van der Waals surface area contributed by atoms with Crippen molar-refractivity contribution in [2.24, 2.45) is 0 Å². The zero-order valence-corrected chi connectivity index (χ0v) is 18.3. The molecule has 0 saturated heterocycles. The van der Waals surface area contributed by atoms with Crippen LogP contribution in [-0.2, 0) is 22.0 Å². The maximum atomic E-state index is 11.8. The predicted octanol–water partition coefficient (Wildman–Crippen LogP) is 5.34. The van der Waals surface area contributed by atoms with Gasteiger partial charge in [0.15, 0.2) is 0 Å². The van der Waals surface area contributed by atoms with Crippen molar-refractivity contribution in [2.75, 3.05) is 4.43 Å². The summed E-state index contributed by atoms with van der Waals surface area (Å²) in [6.45, 7) is 16.5. The molecule has 1 heterocycles. The lowest BCUT2D eigenvalue weighted by Gasteiger charge is -2.30. The van der Waals surface area contributed by atoms with Gasteiger partial charge in [-0.1, -0.05) is 64.1 Å². The van der Waals surface area contributed by atoms with Crippen LogP contribution in [-0.4, -0.2) is 16.0 Å². The van der Waals surface area contributed by atoms with Gasteiger partial charge in [0.05, 0.1) is 0 Å². The van der Waals surface area contributed by atoms with E-state index in [0.29, 0.717) is 0 Å². The Bertz CT molecular complexity index is 665. The van der Waals surface area contributed by atoms with Gasteiger partial charge in [-0.15, -0.1) is 0 Å². The van der Waals surface area contributed by atoms with E-state index in [-0.39, 0.29) is 22.4 Å². The Morgan fingerprint density at radius 1 is 1.25 bits per heavy atom. The summed E-state index contributed by atoms with van der Waals surface area (Å²) in [5.74, 6) is 1.39. The molecule has 1 aromatic carbocycles. The van der Waals surface area contributed by atoms with E-state index in [0.717, 1.165) is 33.5 Å². The lowest BCUT2D eigenvalue weighted by Crippen LogP contribution is -2.32. The molecular weight excluding hydrogens is 415 g/mol. The zero-order valence-electron chi connectivity index (χ0n) is 16.1. The monoisotopic (exact) mass is 444 g/mol. The molecule has 24 heavy (non-hydrogen) atoms. The lowest BCUT2D eigenvalue weighted by molar-refractivity contribution is -0.132. The van der Waals surface area contributed by atoms with Gasteiger partial charge < -0.3 is 9.47 Å². The first-order valence-electron chi connectivity index (χ1n) is 8.43. The Morgan fingerprint density at radius 3 is 2.25 bits per heavy atom. The summed E-state index contributed by atoms with van der Waals surface area (Å²) in [6.07, 6.45) is 0.844. The van der Waals surface area contributed by atoms with Crippen LogP contribution in [0, 0.1) is 0 Å². The molecule has 0 spiro atoms. The second kappa shape index (κ2) is 6.19. The number of fused-ring (bicyclic) bond motifs is 1. The van der Waals surface area contributed by atoms with Crippen LogP contribution in [0.1, 0.15) is 72.1 Å². The number of ether oxygens (including phenoxy) is 2. The number of carbonyl (C=O) groups is 1. The van der Waals surface area contributed by atoms with Gasteiger partial charge in [0, 0.05) is 34.5 Å². The van der Waals surface area contributed by atoms with E-state index in [1.807, 2.05) is 0 Å². The maximum absolute atomic E-state index is 11.8. The highest BCUT2D eigenvalue weighted by atomic mass is 127. The van der Waals surface area contributed by atoms with Gasteiger partial charge in [0.25, 0.3) is 0 Å². The van der Waals surface area contributed by atoms with E-state index in [9.17, 15) is 4.79 Å². The SMILES string of the molecule is CC(=O)Oc1c(C(C)(C)C)cc2c(c1C(C)(C)C)CC(C)(CI)O2. The van der Waals surface area contributed by atoms with Crippen LogP contribution < -0.4 is 9.47 Å². The second-order valence-electron chi connectivity index (χ2n) is 9.06. The molecule has 0 bridgehead atoms. The Balaban J connectivity index is 2.83. The quantitative estimate of drug-likeness (QED) is 0.268. The number of hydrogen-bond donors (Lipinski definition) is 0. The summed E-state index contributed by atoms with van der Waals surface area (Å²) >= 11 is 2.38. The normalized spacial score (nSPS) is 20.5.